The van der Waals surface area contributed by atoms with Crippen molar-refractivity contribution in [1.29, 1.82) is 0 Å². The number of hydrogen-bond donors (Lipinski definition) is 2. The molecule has 1 saturated carbocycles. The summed E-state index contributed by atoms with van der Waals surface area (Å²) >= 11 is 0. The van der Waals surface area contributed by atoms with Gasteiger partial charge >= 0.3 is 0 Å². The molecule has 1 aromatic heterocycles. The number of aliphatic imine (C=N–C) groups is 1. The van der Waals surface area contributed by atoms with Crippen LogP contribution in [0.5, 0.6) is 0 Å². The van der Waals surface area contributed by atoms with E-state index in [4.69, 9.17) is 4.99 Å². The number of halogens is 1. The van der Waals surface area contributed by atoms with Gasteiger partial charge in [0.05, 0.1) is 0 Å². The van der Waals surface area contributed by atoms with Crippen LogP contribution in [0.15, 0.2) is 4.99 Å². The molecule has 3 atom stereocenters. The number of aromatic nitrogens is 3. The summed E-state index contributed by atoms with van der Waals surface area (Å²) in [6.07, 6.45) is 7.70. The third-order valence-electron chi connectivity index (χ3n) is 6.25. The molecule has 3 rings (SSSR count). The monoisotopic (exact) mass is 503 g/mol. The van der Waals surface area contributed by atoms with Crippen LogP contribution < -0.4 is 10.6 Å². The van der Waals surface area contributed by atoms with Crippen molar-refractivity contribution in [2.75, 3.05) is 19.6 Å². The standard InChI is InChI=1S/C20H37N7.HI/c1-5-27-11-7-10-18(27)13-21-20(23-17-9-6-8-15(2)12-17)22-14-19-25-24-16(3)26(19)4;/h15,17-18H,5-14H2,1-4H3,(H2,21,22,23);1H. The first-order valence-corrected chi connectivity index (χ1v) is 10.7. The molecule has 3 unspecified atom stereocenters. The van der Waals surface area contributed by atoms with Gasteiger partial charge in [0.2, 0.25) is 0 Å². The van der Waals surface area contributed by atoms with Crippen LogP contribution in [-0.4, -0.2) is 57.3 Å². The molecule has 0 aromatic carbocycles. The Morgan fingerprint density at radius 3 is 2.71 bits per heavy atom. The highest BCUT2D eigenvalue weighted by Gasteiger charge is 2.24. The molecule has 2 heterocycles. The quantitative estimate of drug-likeness (QED) is 0.355. The molecule has 1 aromatic rings. The van der Waals surface area contributed by atoms with Crippen LogP contribution in [-0.2, 0) is 13.6 Å². The summed E-state index contributed by atoms with van der Waals surface area (Å²) in [6, 6.07) is 1.14. The second kappa shape index (κ2) is 11.3. The zero-order valence-corrected chi connectivity index (χ0v) is 20.3. The SMILES string of the molecule is CCN1CCCC1CNC(=NCc1nnc(C)n1C)NC1CCCC(C)C1.I. The Morgan fingerprint density at radius 1 is 1.21 bits per heavy atom. The van der Waals surface area contributed by atoms with Crippen molar-refractivity contribution < 1.29 is 0 Å². The van der Waals surface area contributed by atoms with Crippen molar-refractivity contribution in [1.82, 2.24) is 30.3 Å². The molecule has 0 spiro atoms. The molecule has 2 N–H and O–H groups in total. The van der Waals surface area contributed by atoms with Gasteiger partial charge in [-0.25, -0.2) is 4.99 Å². The predicted octanol–water partition coefficient (Wildman–Crippen LogP) is 2.84. The fourth-order valence-electron chi connectivity index (χ4n) is 4.41. The Labute approximate surface area is 187 Å². The Balaban J connectivity index is 0.00000280. The van der Waals surface area contributed by atoms with E-state index < -0.39 is 0 Å². The maximum Gasteiger partial charge on any atom is 0.191 e. The summed E-state index contributed by atoms with van der Waals surface area (Å²) in [4.78, 5) is 7.42. The molecule has 7 nitrogen and oxygen atoms in total. The summed E-state index contributed by atoms with van der Waals surface area (Å²) in [6.45, 7) is 10.5. The van der Waals surface area contributed by atoms with E-state index in [1.807, 2.05) is 18.5 Å². The van der Waals surface area contributed by atoms with Gasteiger partial charge < -0.3 is 15.2 Å². The molecule has 160 valence electrons. The lowest BCUT2D eigenvalue weighted by Gasteiger charge is -2.30. The number of guanidine groups is 1. The number of hydrogen-bond acceptors (Lipinski definition) is 4. The lowest BCUT2D eigenvalue weighted by atomic mass is 9.87. The van der Waals surface area contributed by atoms with Crippen LogP contribution in [0.3, 0.4) is 0 Å². The van der Waals surface area contributed by atoms with Crippen LogP contribution in [0.1, 0.15) is 64.0 Å². The molecule has 28 heavy (non-hydrogen) atoms. The van der Waals surface area contributed by atoms with Gasteiger partial charge in [0.25, 0.3) is 0 Å². The minimum Gasteiger partial charge on any atom is -0.355 e. The minimum atomic E-state index is 0. The molecule has 0 radical (unpaired) electrons. The van der Waals surface area contributed by atoms with Gasteiger partial charge in [-0.15, -0.1) is 34.2 Å². The van der Waals surface area contributed by atoms with Gasteiger partial charge in [0, 0.05) is 25.7 Å². The fraction of sp³-hybridized carbons (Fsp3) is 0.850. The highest BCUT2D eigenvalue weighted by atomic mass is 127. The first-order valence-electron chi connectivity index (χ1n) is 10.7. The number of likely N-dealkylation sites (tertiary alicyclic amines) is 1. The maximum atomic E-state index is 4.85. The van der Waals surface area contributed by atoms with Crippen LogP contribution in [0.25, 0.3) is 0 Å². The molecule has 1 aliphatic heterocycles. The molecule has 1 saturated heterocycles. The van der Waals surface area contributed by atoms with E-state index in [9.17, 15) is 0 Å². The molecule has 0 amide bonds. The average Bonchev–Trinajstić information content (AvgIpc) is 3.24. The minimum absolute atomic E-state index is 0. The third kappa shape index (κ3) is 6.30. The topological polar surface area (TPSA) is 70.4 Å². The smallest absolute Gasteiger partial charge is 0.191 e. The van der Waals surface area contributed by atoms with Gasteiger partial charge in [-0.2, -0.15) is 0 Å². The highest BCUT2D eigenvalue weighted by molar-refractivity contribution is 14.0. The summed E-state index contributed by atoms with van der Waals surface area (Å²) in [5.74, 6) is 3.55. The second-order valence-electron chi connectivity index (χ2n) is 8.31. The van der Waals surface area contributed by atoms with Gasteiger partial charge in [0.1, 0.15) is 12.4 Å². The molecule has 1 aliphatic carbocycles. The number of aryl methyl sites for hydroxylation is 1. The van der Waals surface area contributed by atoms with Crippen molar-refractivity contribution in [3.05, 3.63) is 11.6 Å². The van der Waals surface area contributed by atoms with E-state index in [1.165, 1.54) is 45.1 Å². The van der Waals surface area contributed by atoms with Gasteiger partial charge in [-0.05, 0) is 51.6 Å². The summed E-state index contributed by atoms with van der Waals surface area (Å²) in [5.41, 5.74) is 0. The van der Waals surface area contributed by atoms with Crippen molar-refractivity contribution in [3.8, 4) is 0 Å². The largest absolute Gasteiger partial charge is 0.355 e. The van der Waals surface area contributed by atoms with Crippen molar-refractivity contribution in [2.45, 2.75) is 77.9 Å². The van der Waals surface area contributed by atoms with E-state index in [0.29, 0.717) is 18.6 Å². The van der Waals surface area contributed by atoms with Crippen LogP contribution in [0, 0.1) is 12.8 Å². The van der Waals surface area contributed by atoms with Gasteiger partial charge in [-0.1, -0.05) is 26.7 Å². The van der Waals surface area contributed by atoms with Gasteiger partial charge in [-0.3, -0.25) is 4.90 Å². The number of rotatable bonds is 6. The van der Waals surface area contributed by atoms with Crippen molar-refractivity contribution >= 4 is 29.9 Å². The van der Waals surface area contributed by atoms with E-state index in [-0.39, 0.29) is 24.0 Å². The lowest BCUT2D eigenvalue weighted by Crippen LogP contribution is -2.48. The Hall–Kier alpha value is -0.900. The molecular weight excluding hydrogens is 465 g/mol. The Kier molecular flexibility index (Phi) is 9.46. The van der Waals surface area contributed by atoms with Crippen LogP contribution >= 0.6 is 24.0 Å². The zero-order chi connectivity index (χ0) is 19.2. The maximum absolute atomic E-state index is 4.85. The number of nitrogens with zero attached hydrogens (tertiary/aromatic N) is 5. The fourth-order valence-corrected chi connectivity index (χ4v) is 4.41. The molecule has 8 heteroatoms. The first-order chi connectivity index (χ1) is 13.1. The van der Waals surface area contributed by atoms with E-state index in [1.54, 1.807) is 0 Å². The number of likely N-dealkylation sites (N-methyl/N-ethyl adjacent to an activating group) is 1. The van der Waals surface area contributed by atoms with Gasteiger partial charge in [0.15, 0.2) is 11.8 Å². The van der Waals surface area contributed by atoms with Crippen molar-refractivity contribution in [3.63, 3.8) is 0 Å². The summed E-state index contributed by atoms with van der Waals surface area (Å²) < 4.78 is 2.01. The molecule has 2 fully saturated rings. The molecule has 0 bridgehead atoms. The zero-order valence-electron chi connectivity index (χ0n) is 17.9. The number of nitrogens with one attached hydrogen (secondary N) is 2. The molecular formula is C20H38IN7. The second-order valence-corrected chi connectivity index (χ2v) is 8.31. The summed E-state index contributed by atoms with van der Waals surface area (Å²) in [7, 11) is 2.00. The van der Waals surface area contributed by atoms with E-state index in [2.05, 4.69) is 39.6 Å². The van der Waals surface area contributed by atoms with Crippen LogP contribution in [0.2, 0.25) is 0 Å². The predicted molar refractivity (Wildman–Crippen MR) is 125 cm³/mol. The Morgan fingerprint density at radius 2 is 2.04 bits per heavy atom. The normalized spacial score (nSPS) is 26.1. The molecule has 2 aliphatic rings. The van der Waals surface area contributed by atoms with Crippen molar-refractivity contribution in [2.24, 2.45) is 18.0 Å². The first kappa shape index (κ1) is 23.4. The third-order valence-corrected chi connectivity index (χ3v) is 6.25. The van der Waals surface area contributed by atoms with E-state index >= 15 is 0 Å². The summed E-state index contributed by atoms with van der Waals surface area (Å²) in [5, 5.41) is 15.7. The van der Waals surface area contributed by atoms with Crippen LogP contribution in [0.4, 0.5) is 0 Å². The highest BCUT2D eigenvalue weighted by Crippen LogP contribution is 2.23. The lowest BCUT2D eigenvalue weighted by molar-refractivity contribution is 0.266. The van der Waals surface area contributed by atoms with E-state index in [0.717, 1.165) is 36.6 Å². The average molecular weight is 503 g/mol. The Bertz CT molecular complexity index is 630.